The fourth-order valence-corrected chi connectivity index (χ4v) is 6.22. The molecule has 26 heavy (non-hydrogen) atoms. The second kappa shape index (κ2) is 5.69. The lowest BCUT2D eigenvalue weighted by molar-refractivity contribution is -0.165. The maximum atomic E-state index is 12.9. The third-order valence-corrected chi connectivity index (χ3v) is 7.98. The van der Waals surface area contributed by atoms with Gasteiger partial charge < -0.3 is 13.9 Å². The highest BCUT2D eigenvalue weighted by atomic mass is 16.6. The standard InChI is InChI=1S/C21H28O5/c1-19(11-15(22)13-8-10-25-12-13)14(18(23)24-4)7-9-20(2)16(19)5-6-17-21(20,3)26-17/h8,10,12,14,16-17H,5-7,9,11H2,1-4H3/t14-,16+,17-,19-,20+,21-/m0/s1. The molecule has 0 aromatic carbocycles. The van der Waals surface area contributed by atoms with Gasteiger partial charge in [-0.3, -0.25) is 9.59 Å². The number of hydrogen-bond donors (Lipinski definition) is 0. The number of furan rings is 1. The molecule has 5 nitrogen and oxygen atoms in total. The van der Waals surface area contributed by atoms with Crippen LogP contribution in [-0.2, 0) is 14.3 Å². The molecule has 0 N–H and O–H groups in total. The lowest BCUT2D eigenvalue weighted by Crippen LogP contribution is -2.58. The quantitative estimate of drug-likeness (QED) is 0.461. The van der Waals surface area contributed by atoms with Crippen molar-refractivity contribution in [1.82, 2.24) is 0 Å². The minimum Gasteiger partial charge on any atom is -0.472 e. The molecule has 1 saturated heterocycles. The molecule has 3 aliphatic rings. The SMILES string of the molecule is COC(=O)[C@@H]1CC[C@]2(C)[C@H](CC[C@@H]3O[C@@]32C)[C@@]1(C)CC(=O)c1ccoc1. The summed E-state index contributed by atoms with van der Waals surface area (Å²) >= 11 is 0. The van der Waals surface area contributed by atoms with Crippen LogP contribution in [0.2, 0.25) is 0 Å². The minimum absolute atomic E-state index is 0.0220. The summed E-state index contributed by atoms with van der Waals surface area (Å²) in [4.78, 5) is 25.6. The monoisotopic (exact) mass is 360 g/mol. The highest BCUT2D eigenvalue weighted by Crippen LogP contribution is 2.70. The van der Waals surface area contributed by atoms with E-state index in [0.29, 0.717) is 18.1 Å². The van der Waals surface area contributed by atoms with Crippen LogP contribution in [0.3, 0.4) is 0 Å². The number of methoxy groups -OCH3 is 1. The van der Waals surface area contributed by atoms with Crippen LogP contribution in [-0.4, -0.2) is 30.6 Å². The molecule has 0 bridgehead atoms. The molecule has 0 unspecified atom stereocenters. The van der Waals surface area contributed by atoms with Gasteiger partial charge in [0.15, 0.2) is 5.78 Å². The van der Waals surface area contributed by atoms with Gasteiger partial charge >= 0.3 is 5.97 Å². The van der Waals surface area contributed by atoms with Crippen molar-refractivity contribution in [3.05, 3.63) is 24.2 Å². The number of Topliss-reactive ketones (excluding diaryl/α,β-unsaturated/α-hetero) is 1. The number of carbonyl (C=O) groups is 2. The van der Waals surface area contributed by atoms with Crippen LogP contribution in [0.4, 0.5) is 0 Å². The normalized spacial score (nSPS) is 43.9. The van der Waals surface area contributed by atoms with Crippen LogP contribution < -0.4 is 0 Å². The summed E-state index contributed by atoms with van der Waals surface area (Å²) in [6.45, 7) is 6.62. The molecule has 2 heterocycles. The van der Waals surface area contributed by atoms with Gasteiger partial charge in [0, 0.05) is 11.8 Å². The van der Waals surface area contributed by atoms with Gasteiger partial charge in [0.05, 0.1) is 36.6 Å². The van der Waals surface area contributed by atoms with E-state index in [4.69, 9.17) is 13.9 Å². The van der Waals surface area contributed by atoms with Gasteiger partial charge in [-0.2, -0.15) is 0 Å². The highest BCUT2D eigenvalue weighted by Gasteiger charge is 2.72. The number of ether oxygens (including phenoxy) is 2. The van der Waals surface area contributed by atoms with Crippen LogP contribution in [0, 0.1) is 22.7 Å². The van der Waals surface area contributed by atoms with Gasteiger partial charge in [0.2, 0.25) is 0 Å². The smallest absolute Gasteiger partial charge is 0.309 e. The largest absolute Gasteiger partial charge is 0.472 e. The molecule has 1 aromatic heterocycles. The average molecular weight is 360 g/mol. The number of esters is 1. The van der Waals surface area contributed by atoms with E-state index >= 15 is 0 Å². The zero-order chi connectivity index (χ0) is 18.7. The second-order valence-corrected chi connectivity index (χ2v) is 8.99. The van der Waals surface area contributed by atoms with Gasteiger partial charge in [0.1, 0.15) is 6.26 Å². The number of epoxide rings is 1. The molecule has 0 radical (unpaired) electrons. The van der Waals surface area contributed by atoms with Gasteiger partial charge in [0.25, 0.3) is 0 Å². The number of rotatable bonds is 4. The molecule has 2 aliphatic carbocycles. The second-order valence-electron chi connectivity index (χ2n) is 8.99. The predicted octanol–water partition coefficient (Wildman–Crippen LogP) is 4.02. The van der Waals surface area contributed by atoms with Crippen molar-refractivity contribution in [2.45, 2.75) is 64.6 Å². The lowest BCUT2D eigenvalue weighted by atomic mass is 9.44. The first-order chi connectivity index (χ1) is 12.3. The Labute approximate surface area is 154 Å². The molecule has 0 amide bonds. The third-order valence-electron chi connectivity index (χ3n) is 7.98. The van der Waals surface area contributed by atoms with E-state index in [2.05, 4.69) is 20.8 Å². The van der Waals surface area contributed by atoms with Crippen molar-refractivity contribution in [2.75, 3.05) is 7.11 Å². The Morgan fingerprint density at radius 1 is 1.23 bits per heavy atom. The minimum atomic E-state index is -0.450. The van der Waals surface area contributed by atoms with E-state index < -0.39 is 5.41 Å². The Kier molecular flexibility index (Phi) is 3.89. The number of fused-ring (bicyclic) bond motifs is 3. The summed E-state index contributed by atoms with van der Waals surface area (Å²) in [5.41, 5.74) is -0.0262. The lowest BCUT2D eigenvalue weighted by Gasteiger charge is -2.58. The number of ketones is 1. The number of carbonyl (C=O) groups excluding carboxylic acids is 2. The maximum absolute atomic E-state index is 12.9. The molecule has 6 atom stereocenters. The van der Waals surface area contributed by atoms with Crippen molar-refractivity contribution >= 4 is 11.8 Å². The molecule has 2 saturated carbocycles. The van der Waals surface area contributed by atoms with Crippen molar-refractivity contribution in [1.29, 1.82) is 0 Å². The molecular weight excluding hydrogens is 332 g/mol. The molecule has 3 fully saturated rings. The fourth-order valence-electron chi connectivity index (χ4n) is 6.22. The Bertz CT molecular complexity index is 725. The molecule has 142 valence electrons. The summed E-state index contributed by atoms with van der Waals surface area (Å²) in [5, 5.41) is 0. The van der Waals surface area contributed by atoms with E-state index in [1.807, 2.05) is 0 Å². The zero-order valence-corrected chi connectivity index (χ0v) is 16.0. The summed E-state index contributed by atoms with van der Waals surface area (Å²) < 4.78 is 16.3. The number of hydrogen-bond acceptors (Lipinski definition) is 5. The Hall–Kier alpha value is -1.62. The van der Waals surface area contributed by atoms with Crippen LogP contribution in [0.25, 0.3) is 0 Å². The van der Waals surface area contributed by atoms with Crippen LogP contribution in [0.1, 0.15) is 63.2 Å². The van der Waals surface area contributed by atoms with Crippen molar-refractivity contribution in [2.24, 2.45) is 22.7 Å². The highest BCUT2D eigenvalue weighted by molar-refractivity contribution is 5.96. The van der Waals surface area contributed by atoms with Crippen LogP contribution >= 0.6 is 0 Å². The summed E-state index contributed by atoms with van der Waals surface area (Å²) in [6.07, 6.45) is 7.31. The van der Waals surface area contributed by atoms with Gasteiger partial charge in [-0.1, -0.05) is 13.8 Å². The Morgan fingerprint density at radius 2 is 2.00 bits per heavy atom. The van der Waals surface area contributed by atoms with Crippen molar-refractivity contribution in [3.63, 3.8) is 0 Å². The van der Waals surface area contributed by atoms with E-state index in [9.17, 15) is 9.59 Å². The first-order valence-corrected chi connectivity index (χ1v) is 9.57. The van der Waals surface area contributed by atoms with E-state index in [1.165, 1.54) is 19.6 Å². The van der Waals surface area contributed by atoms with Gasteiger partial charge in [-0.05, 0) is 50.0 Å². The first-order valence-electron chi connectivity index (χ1n) is 9.57. The molecule has 1 aliphatic heterocycles. The molecule has 5 heteroatoms. The summed E-state index contributed by atoms with van der Waals surface area (Å²) in [6, 6.07) is 1.70. The molecule has 4 rings (SSSR count). The van der Waals surface area contributed by atoms with Crippen molar-refractivity contribution < 1.29 is 23.5 Å². The Morgan fingerprint density at radius 3 is 2.65 bits per heavy atom. The van der Waals surface area contributed by atoms with Crippen LogP contribution in [0.5, 0.6) is 0 Å². The van der Waals surface area contributed by atoms with E-state index in [-0.39, 0.29) is 34.6 Å². The predicted molar refractivity (Wildman–Crippen MR) is 94.6 cm³/mol. The van der Waals surface area contributed by atoms with Crippen molar-refractivity contribution in [3.8, 4) is 0 Å². The first kappa shape index (κ1) is 17.8. The van der Waals surface area contributed by atoms with E-state index in [0.717, 1.165) is 25.7 Å². The summed E-state index contributed by atoms with van der Waals surface area (Å²) in [7, 11) is 1.44. The summed E-state index contributed by atoms with van der Waals surface area (Å²) in [5.74, 6) is -0.185. The third kappa shape index (κ3) is 2.25. The van der Waals surface area contributed by atoms with Gasteiger partial charge in [-0.15, -0.1) is 0 Å². The zero-order valence-electron chi connectivity index (χ0n) is 16.0. The molecular formula is C21H28O5. The van der Waals surface area contributed by atoms with Crippen LogP contribution in [0.15, 0.2) is 23.0 Å². The topological polar surface area (TPSA) is 69.0 Å². The Balaban J connectivity index is 1.72. The molecule has 0 spiro atoms. The maximum Gasteiger partial charge on any atom is 0.309 e. The average Bonchev–Trinajstić information content (AvgIpc) is 3.05. The van der Waals surface area contributed by atoms with E-state index in [1.54, 1.807) is 6.07 Å². The fraction of sp³-hybridized carbons (Fsp3) is 0.714. The molecule has 1 aromatic rings. The van der Waals surface area contributed by atoms with Gasteiger partial charge in [-0.25, -0.2) is 0 Å².